The van der Waals surface area contributed by atoms with Gasteiger partial charge in [0.25, 0.3) is 5.56 Å². The summed E-state index contributed by atoms with van der Waals surface area (Å²) >= 11 is 3.39. The van der Waals surface area contributed by atoms with Gasteiger partial charge in [0.15, 0.2) is 0 Å². The van der Waals surface area contributed by atoms with E-state index < -0.39 is 0 Å². The highest BCUT2D eigenvalue weighted by molar-refractivity contribution is 9.10. The van der Waals surface area contributed by atoms with Gasteiger partial charge in [0.2, 0.25) is 0 Å². The van der Waals surface area contributed by atoms with Crippen molar-refractivity contribution in [2.24, 2.45) is 0 Å². The highest BCUT2D eigenvalue weighted by Gasteiger charge is 2.05. The molecule has 1 aromatic carbocycles. The third-order valence-corrected chi connectivity index (χ3v) is 2.97. The monoisotopic (exact) mass is 251 g/mol. The van der Waals surface area contributed by atoms with Crippen molar-refractivity contribution in [1.29, 1.82) is 0 Å². The van der Waals surface area contributed by atoms with Crippen LogP contribution in [-0.4, -0.2) is 4.98 Å². The number of halogens is 1. The second kappa shape index (κ2) is 3.24. The molecule has 1 N–H and O–H groups in total. The Morgan fingerprint density at radius 1 is 1.29 bits per heavy atom. The summed E-state index contributed by atoms with van der Waals surface area (Å²) < 4.78 is 0.847. The van der Waals surface area contributed by atoms with Gasteiger partial charge >= 0.3 is 0 Å². The van der Waals surface area contributed by atoms with E-state index >= 15 is 0 Å². The van der Waals surface area contributed by atoms with Crippen molar-refractivity contribution in [2.45, 2.75) is 13.8 Å². The third-order valence-electron chi connectivity index (χ3n) is 2.31. The second-order valence-electron chi connectivity index (χ2n) is 3.43. The molecule has 0 spiro atoms. The van der Waals surface area contributed by atoms with Crippen LogP contribution in [0.25, 0.3) is 10.8 Å². The molecule has 0 bridgehead atoms. The number of rotatable bonds is 0. The number of nitrogens with one attached hydrogen (secondary N) is 1. The lowest BCUT2D eigenvalue weighted by atomic mass is 10.1. The molecule has 0 aliphatic carbocycles. The van der Waals surface area contributed by atoms with Crippen molar-refractivity contribution in [2.75, 3.05) is 0 Å². The fourth-order valence-corrected chi connectivity index (χ4v) is 2.13. The maximum absolute atomic E-state index is 11.7. The molecule has 0 saturated heterocycles. The molecule has 0 amide bonds. The molecule has 2 rings (SSSR count). The first-order chi connectivity index (χ1) is 6.59. The van der Waals surface area contributed by atoms with Crippen LogP contribution < -0.4 is 5.56 Å². The Kier molecular flexibility index (Phi) is 2.19. The number of pyridine rings is 1. The number of fused-ring (bicyclic) bond motifs is 1. The minimum absolute atomic E-state index is 0.0319. The predicted molar refractivity (Wildman–Crippen MR) is 61.7 cm³/mol. The first-order valence-corrected chi connectivity index (χ1v) is 5.17. The standard InChI is InChI=1S/C11H10BrNO/c1-6-3-4-9(12)10-8(6)5-7(2)13-11(10)14/h3-5H,1-2H3,(H,13,14). The van der Waals surface area contributed by atoms with Gasteiger partial charge in [0, 0.05) is 10.2 Å². The number of benzene rings is 1. The van der Waals surface area contributed by atoms with Crippen molar-refractivity contribution in [1.82, 2.24) is 4.98 Å². The molecule has 14 heavy (non-hydrogen) atoms. The van der Waals surface area contributed by atoms with Gasteiger partial charge in [-0.3, -0.25) is 4.79 Å². The Labute approximate surface area is 90.1 Å². The molecule has 1 aromatic heterocycles. The van der Waals surface area contributed by atoms with Crippen LogP contribution in [0, 0.1) is 13.8 Å². The van der Waals surface area contributed by atoms with Crippen LogP contribution in [-0.2, 0) is 0 Å². The van der Waals surface area contributed by atoms with E-state index in [1.54, 1.807) is 0 Å². The van der Waals surface area contributed by atoms with Crippen molar-refractivity contribution in [3.05, 3.63) is 44.3 Å². The SMILES string of the molecule is Cc1cc2c(C)ccc(Br)c2c(=O)[nH]1. The zero-order valence-corrected chi connectivity index (χ0v) is 9.60. The number of aryl methyl sites for hydroxylation is 2. The van der Waals surface area contributed by atoms with E-state index in [-0.39, 0.29) is 5.56 Å². The van der Waals surface area contributed by atoms with E-state index in [9.17, 15) is 4.79 Å². The summed E-state index contributed by atoms with van der Waals surface area (Å²) in [5.74, 6) is 0. The van der Waals surface area contributed by atoms with Gasteiger partial charge in [0.05, 0.1) is 5.39 Å². The van der Waals surface area contributed by atoms with E-state index in [0.717, 1.165) is 26.5 Å². The second-order valence-corrected chi connectivity index (χ2v) is 4.29. The van der Waals surface area contributed by atoms with Gasteiger partial charge in [0.1, 0.15) is 0 Å². The molecule has 2 nitrogen and oxygen atoms in total. The maximum atomic E-state index is 11.7. The molecule has 1 heterocycles. The van der Waals surface area contributed by atoms with Crippen LogP contribution >= 0.6 is 15.9 Å². The summed E-state index contributed by atoms with van der Waals surface area (Å²) in [7, 11) is 0. The lowest BCUT2D eigenvalue weighted by Gasteiger charge is -2.04. The van der Waals surface area contributed by atoms with E-state index in [1.165, 1.54) is 0 Å². The van der Waals surface area contributed by atoms with Crippen LogP contribution in [0.3, 0.4) is 0 Å². The molecule has 3 heteroatoms. The number of aromatic amines is 1. The van der Waals surface area contributed by atoms with Crippen LogP contribution in [0.15, 0.2) is 27.5 Å². The van der Waals surface area contributed by atoms with Crippen molar-refractivity contribution < 1.29 is 0 Å². The number of hydrogen-bond donors (Lipinski definition) is 1. The largest absolute Gasteiger partial charge is 0.326 e. The minimum Gasteiger partial charge on any atom is -0.326 e. The first-order valence-electron chi connectivity index (χ1n) is 4.38. The summed E-state index contributed by atoms with van der Waals surface area (Å²) in [6, 6.07) is 5.91. The van der Waals surface area contributed by atoms with Crippen LogP contribution in [0.1, 0.15) is 11.3 Å². The Morgan fingerprint density at radius 3 is 2.71 bits per heavy atom. The molecular weight excluding hydrogens is 242 g/mol. The highest BCUT2D eigenvalue weighted by Crippen LogP contribution is 2.23. The Morgan fingerprint density at radius 2 is 2.00 bits per heavy atom. The number of aromatic nitrogens is 1. The van der Waals surface area contributed by atoms with E-state index in [2.05, 4.69) is 20.9 Å². The molecule has 72 valence electrons. The summed E-state index contributed by atoms with van der Waals surface area (Å²) in [6.07, 6.45) is 0. The van der Waals surface area contributed by atoms with Crippen molar-refractivity contribution >= 4 is 26.7 Å². The molecular formula is C11H10BrNO. The zero-order chi connectivity index (χ0) is 10.3. The lowest BCUT2D eigenvalue weighted by molar-refractivity contribution is 1.17. The molecule has 0 unspecified atom stereocenters. The van der Waals surface area contributed by atoms with Crippen molar-refractivity contribution in [3.63, 3.8) is 0 Å². The molecule has 0 atom stereocenters. The van der Waals surface area contributed by atoms with E-state index in [0.29, 0.717) is 0 Å². The fraction of sp³-hybridized carbons (Fsp3) is 0.182. The summed E-state index contributed by atoms with van der Waals surface area (Å²) in [5.41, 5.74) is 1.98. The van der Waals surface area contributed by atoms with Crippen LogP contribution in [0.4, 0.5) is 0 Å². The summed E-state index contributed by atoms with van der Waals surface area (Å²) in [5, 5.41) is 1.75. The number of H-pyrrole nitrogens is 1. The van der Waals surface area contributed by atoms with E-state index in [4.69, 9.17) is 0 Å². The molecule has 0 aliphatic heterocycles. The molecule has 0 radical (unpaired) electrons. The summed E-state index contributed by atoms with van der Waals surface area (Å²) in [4.78, 5) is 14.5. The van der Waals surface area contributed by atoms with Crippen LogP contribution in [0.2, 0.25) is 0 Å². The Hall–Kier alpha value is -1.09. The smallest absolute Gasteiger partial charge is 0.257 e. The quantitative estimate of drug-likeness (QED) is 0.768. The first kappa shape index (κ1) is 9.46. The fourth-order valence-electron chi connectivity index (χ4n) is 1.61. The maximum Gasteiger partial charge on any atom is 0.257 e. The average Bonchev–Trinajstić information content (AvgIpc) is 2.10. The topological polar surface area (TPSA) is 32.9 Å². The number of hydrogen-bond acceptors (Lipinski definition) is 1. The minimum atomic E-state index is -0.0319. The Balaban J connectivity index is 3.08. The molecule has 2 aromatic rings. The van der Waals surface area contributed by atoms with Gasteiger partial charge in [-0.25, -0.2) is 0 Å². The van der Waals surface area contributed by atoms with Gasteiger partial charge in [-0.2, -0.15) is 0 Å². The Bertz CT molecular complexity index is 557. The van der Waals surface area contributed by atoms with Gasteiger partial charge < -0.3 is 4.98 Å². The van der Waals surface area contributed by atoms with Gasteiger partial charge in [-0.15, -0.1) is 0 Å². The van der Waals surface area contributed by atoms with E-state index in [1.807, 2.05) is 32.0 Å². The molecule has 0 aliphatic rings. The molecule has 0 saturated carbocycles. The van der Waals surface area contributed by atoms with Gasteiger partial charge in [-0.1, -0.05) is 6.07 Å². The van der Waals surface area contributed by atoms with Crippen molar-refractivity contribution in [3.8, 4) is 0 Å². The zero-order valence-electron chi connectivity index (χ0n) is 8.02. The highest BCUT2D eigenvalue weighted by atomic mass is 79.9. The van der Waals surface area contributed by atoms with Crippen LogP contribution in [0.5, 0.6) is 0 Å². The van der Waals surface area contributed by atoms with Gasteiger partial charge in [-0.05, 0) is 52.9 Å². The predicted octanol–water partition coefficient (Wildman–Crippen LogP) is 2.91. The third kappa shape index (κ3) is 1.38. The summed E-state index contributed by atoms with van der Waals surface area (Å²) in [6.45, 7) is 3.90. The average molecular weight is 252 g/mol. The normalized spacial score (nSPS) is 10.8. The lowest BCUT2D eigenvalue weighted by Crippen LogP contribution is -2.08. The molecule has 0 fully saturated rings.